The quantitative estimate of drug-likeness (QED) is 0.812. The lowest BCUT2D eigenvalue weighted by Crippen LogP contribution is -2.42. The van der Waals surface area contributed by atoms with Gasteiger partial charge in [0.2, 0.25) is 0 Å². The average Bonchev–Trinajstić information content (AvgIpc) is 2.34. The highest BCUT2D eigenvalue weighted by molar-refractivity contribution is 7.80. The molecule has 0 amide bonds. The van der Waals surface area contributed by atoms with Crippen molar-refractivity contribution in [2.45, 2.75) is 31.8 Å². The molecule has 5 heteroatoms. The minimum atomic E-state index is 0.346. The number of thiocarbonyl (C=S) groups is 1. The molecule has 3 N–H and O–H groups in total. The van der Waals surface area contributed by atoms with Gasteiger partial charge < -0.3 is 16.0 Å². The van der Waals surface area contributed by atoms with Crippen molar-refractivity contribution in [1.82, 2.24) is 9.88 Å². The second-order valence-corrected chi connectivity index (χ2v) is 5.40. The Balaban J connectivity index is 2.08. The Morgan fingerprint density at radius 1 is 1.61 bits per heavy atom. The van der Waals surface area contributed by atoms with Crippen molar-refractivity contribution >= 4 is 22.9 Å². The lowest BCUT2D eigenvalue weighted by atomic mass is 9.98. The lowest BCUT2D eigenvalue weighted by molar-refractivity contribution is 0.190. The molecule has 2 rings (SSSR count). The Morgan fingerprint density at radius 2 is 2.39 bits per heavy atom. The SMILES string of the molecule is CC1CC(Nc2cccnc2C(N)=S)CCN1C. The number of anilines is 1. The third kappa shape index (κ3) is 2.97. The topological polar surface area (TPSA) is 54.2 Å². The Bertz CT molecular complexity index is 435. The van der Waals surface area contributed by atoms with Gasteiger partial charge >= 0.3 is 0 Å². The van der Waals surface area contributed by atoms with Gasteiger partial charge in [0.1, 0.15) is 10.7 Å². The fourth-order valence-electron chi connectivity index (χ4n) is 2.36. The minimum Gasteiger partial charge on any atom is -0.388 e. The Labute approximate surface area is 114 Å². The van der Waals surface area contributed by atoms with E-state index >= 15 is 0 Å². The Morgan fingerprint density at radius 3 is 3.06 bits per heavy atom. The van der Waals surface area contributed by atoms with Crippen LogP contribution >= 0.6 is 12.2 Å². The summed E-state index contributed by atoms with van der Waals surface area (Å²) in [4.78, 5) is 6.97. The highest BCUT2D eigenvalue weighted by Gasteiger charge is 2.23. The molecule has 1 saturated heterocycles. The van der Waals surface area contributed by atoms with E-state index in [2.05, 4.69) is 29.2 Å². The first kappa shape index (κ1) is 13.2. The predicted octanol–water partition coefficient (Wildman–Crippen LogP) is 1.61. The van der Waals surface area contributed by atoms with Crippen LogP contribution in [0, 0.1) is 0 Å². The van der Waals surface area contributed by atoms with Crippen molar-refractivity contribution in [3.63, 3.8) is 0 Å². The fourth-order valence-corrected chi connectivity index (χ4v) is 2.52. The van der Waals surface area contributed by atoms with Crippen LogP contribution in [0.25, 0.3) is 0 Å². The van der Waals surface area contributed by atoms with Crippen molar-refractivity contribution in [3.05, 3.63) is 24.0 Å². The van der Waals surface area contributed by atoms with E-state index in [9.17, 15) is 0 Å². The normalized spacial score (nSPS) is 24.8. The summed E-state index contributed by atoms with van der Waals surface area (Å²) in [6, 6.07) is 4.96. The molecule has 1 aliphatic rings. The van der Waals surface area contributed by atoms with E-state index in [4.69, 9.17) is 18.0 Å². The lowest BCUT2D eigenvalue weighted by Gasteiger charge is -2.36. The largest absolute Gasteiger partial charge is 0.388 e. The van der Waals surface area contributed by atoms with Gasteiger partial charge in [-0.15, -0.1) is 0 Å². The molecular formula is C13H20N4S. The van der Waals surface area contributed by atoms with Gasteiger partial charge in [0.25, 0.3) is 0 Å². The summed E-state index contributed by atoms with van der Waals surface area (Å²) in [5, 5.41) is 3.53. The molecular weight excluding hydrogens is 244 g/mol. The van der Waals surface area contributed by atoms with Crippen LogP contribution in [-0.2, 0) is 0 Å². The number of hydrogen-bond donors (Lipinski definition) is 2. The molecule has 0 saturated carbocycles. The average molecular weight is 264 g/mol. The van der Waals surface area contributed by atoms with Crippen LogP contribution in [0.1, 0.15) is 25.5 Å². The highest BCUT2D eigenvalue weighted by Crippen LogP contribution is 2.21. The maximum absolute atomic E-state index is 5.69. The van der Waals surface area contributed by atoms with Crippen molar-refractivity contribution in [2.24, 2.45) is 5.73 Å². The van der Waals surface area contributed by atoms with Crippen LogP contribution in [0.4, 0.5) is 5.69 Å². The summed E-state index contributed by atoms with van der Waals surface area (Å²) in [6.45, 7) is 3.37. The van der Waals surface area contributed by atoms with Gasteiger partial charge in [-0.3, -0.25) is 4.98 Å². The molecule has 0 spiro atoms. The second kappa shape index (κ2) is 5.63. The molecule has 2 atom stereocenters. The molecule has 1 aromatic rings. The summed E-state index contributed by atoms with van der Waals surface area (Å²) in [6.07, 6.45) is 3.98. The van der Waals surface area contributed by atoms with Crippen LogP contribution in [0.3, 0.4) is 0 Å². The second-order valence-electron chi connectivity index (χ2n) is 4.96. The van der Waals surface area contributed by atoms with Crippen molar-refractivity contribution in [2.75, 3.05) is 18.9 Å². The molecule has 0 radical (unpaired) electrons. The van der Waals surface area contributed by atoms with Gasteiger partial charge in [-0.2, -0.15) is 0 Å². The zero-order valence-corrected chi connectivity index (χ0v) is 11.7. The van der Waals surface area contributed by atoms with E-state index < -0.39 is 0 Å². The summed E-state index contributed by atoms with van der Waals surface area (Å²) < 4.78 is 0. The van der Waals surface area contributed by atoms with Gasteiger partial charge in [0.15, 0.2) is 0 Å². The van der Waals surface area contributed by atoms with Gasteiger partial charge in [0.05, 0.1) is 5.69 Å². The third-order valence-electron chi connectivity index (χ3n) is 3.61. The summed E-state index contributed by atoms with van der Waals surface area (Å²) in [5.74, 6) is 0. The molecule has 98 valence electrons. The van der Waals surface area contributed by atoms with E-state index in [1.165, 1.54) is 0 Å². The first-order chi connectivity index (χ1) is 8.58. The third-order valence-corrected chi connectivity index (χ3v) is 3.80. The van der Waals surface area contributed by atoms with Crippen molar-refractivity contribution in [3.8, 4) is 0 Å². The molecule has 4 nitrogen and oxygen atoms in total. The van der Waals surface area contributed by atoms with Crippen LogP contribution in [0.15, 0.2) is 18.3 Å². The number of nitrogens with zero attached hydrogens (tertiary/aromatic N) is 2. The zero-order chi connectivity index (χ0) is 13.1. The Hall–Kier alpha value is -1.20. The summed E-state index contributed by atoms with van der Waals surface area (Å²) >= 11 is 5.03. The maximum Gasteiger partial charge on any atom is 0.124 e. The molecule has 1 aromatic heterocycles. The first-order valence-corrected chi connectivity index (χ1v) is 6.70. The molecule has 2 unspecified atom stereocenters. The van der Waals surface area contributed by atoms with E-state index in [1.807, 2.05) is 12.1 Å². The number of nitrogens with two attached hydrogens (primary N) is 1. The van der Waals surface area contributed by atoms with Crippen LogP contribution in [0.2, 0.25) is 0 Å². The van der Waals surface area contributed by atoms with E-state index in [-0.39, 0.29) is 0 Å². The number of pyridine rings is 1. The number of aromatic nitrogens is 1. The predicted molar refractivity (Wildman–Crippen MR) is 78.9 cm³/mol. The standard InChI is InChI=1S/C13H20N4S/c1-9-8-10(5-7-17(9)2)16-11-4-3-6-15-12(11)13(14)18/h3-4,6,9-10,16H,5,7-8H2,1-2H3,(H2,14,18). The molecule has 1 aliphatic heterocycles. The van der Waals surface area contributed by atoms with E-state index in [1.54, 1.807) is 6.20 Å². The minimum absolute atomic E-state index is 0.346. The number of hydrogen-bond acceptors (Lipinski definition) is 4. The number of rotatable bonds is 3. The van der Waals surface area contributed by atoms with Crippen LogP contribution in [0.5, 0.6) is 0 Å². The summed E-state index contributed by atoms with van der Waals surface area (Å²) in [5.41, 5.74) is 7.33. The molecule has 2 heterocycles. The molecule has 18 heavy (non-hydrogen) atoms. The monoisotopic (exact) mass is 264 g/mol. The first-order valence-electron chi connectivity index (χ1n) is 6.29. The van der Waals surface area contributed by atoms with Gasteiger partial charge in [-0.05, 0) is 38.9 Å². The Kier molecular flexibility index (Phi) is 4.14. The molecule has 0 aliphatic carbocycles. The van der Waals surface area contributed by atoms with E-state index in [0.29, 0.717) is 22.8 Å². The summed E-state index contributed by atoms with van der Waals surface area (Å²) in [7, 11) is 2.17. The maximum atomic E-state index is 5.69. The van der Waals surface area contributed by atoms with Crippen molar-refractivity contribution < 1.29 is 0 Å². The highest BCUT2D eigenvalue weighted by atomic mass is 32.1. The number of likely N-dealkylation sites (tertiary alicyclic amines) is 1. The molecule has 1 fully saturated rings. The van der Waals surface area contributed by atoms with Gasteiger partial charge in [0, 0.05) is 24.8 Å². The van der Waals surface area contributed by atoms with Crippen LogP contribution < -0.4 is 11.1 Å². The van der Waals surface area contributed by atoms with Crippen LogP contribution in [-0.4, -0.2) is 40.5 Å². The molecule has 0 aromatic carbocycles. The van der Waals surface area contributed by atoms with Crippen molar-refractivity contribution in [1.29, 1.82) is 0 Å². The smallest absolute Gasteiger partial charge is 0.124 e. The van der Waals surface area contributed by atoms with Gasteiger partial charge in [-0.25, -0.2) is 0 Å². The number of nitrogens with one attached hydrogen (secondary N) is 1. The van der Waals surface area contributed by atoms with Gasteiger partial charge in [-0.1, -0.05) is 12.2 Å². The number of piperidine rings is 1. The molecule has 0 bridgehead atoms. The van der Waals surface area contributed by atoms with E-state index in [0.717, 1.165) is 25.1 Å². The fraction of sp³-hybridized carbons (Fsp3) is 0.538. The zero-order valence-electron chi connectivity index (χ0n) is 10.9.